The molecule has 1 aliphatic heterocycles. The fourth-order valence-corrected chi connectivity index (χ4v) is 2.34. The number of carbonyl (C=O) groups excluding carboxylic acids is 1. The first kappa shape index (κ1) is 13.8. The van der Waals surface area contributed by atoms with Crippen LogP contribution in [0.25, 0.3) is 0 Å². The molecule has 5 nitrogen and oxygen atoms in total. The number of carbonyl (C=O) groups is 1. The van der Waals surface area contributed by atoms with Crippen LogP contribution in [-0.4, -0.2) is 47.6 Å². The van der Waals surface area contributed by atoms with E-state index in [1.807, 2.05) is 37.8 Å². The van der Waals surface area contributed by atoms with Gasteiger partial charge in [-0.2, -0.15) is 0 Å². The summed E-state index contributed by atoms with van der Waals surface area (Å²) >= 11 is 0. The first-order valence-corrected chi connectivity index (χ1v) is 6.75. The zero-order valence-electron chi connectivity index (χ0n) is 11.7. The van der Waals surface area contributed by atoms with Crippen molar-refractivity contribution < 1.29 is 9.53 Å². The van der Waals surface area contributed by atoms with E-state index < -0.39 is 0 Å². The third-order valence-electron chi connectivity index (χ3n) is 3.03. The van der Waals surface area contributed by atoms with Crippen LogP contribution in [0.3, 0.4) is 0 Å². The van der Waals surface area contributed by atoms with E-state index in [0.717, 1.165) is 12.4 Å². The lowest BCUT2D eigenvalue weighted by molar-refractivity contribution is -0.0587. The summed E-state index contributed by atoms with van der Waals surface area (Å²) in [6.45, 7) is 8.00. The molecule has 0 unspecified atom stereocenters. The van der Waals surface area contributed by atoms with E-state index in [1.54, 1.807) is 6.07 Å². The zero-order valence-corrected chi connectivity index (χ0v) is 11.7. The Morgan fingerprint density at radius 3 is 2.74 bits per heavy atom. The van der Waals surface area contributed by atoms with Crippen LogP contribution in [0.5, 0.6) is 0 Å². The molecule has 0 aromatic carbocycles. The molecule has 5 heteroatoms. The molecule has 2 rings (SSSR count). The summed E-state index contributed by atoms with van der Waals surface area (Å²) in [6.07, 6.45) is 0.147. The minimum absolute atomic E-state index is 0.0262. The van der Waals surface area contributed by atoms with Crippen molar-refractivity contribution in [3.05, 3.63) is 23.9 Å². The topological polar surface area (TPSA) is 54.5 Å². The van der Waals surface area contributed by atoms with Gasteiger partial charge >= 0.3 is 0 Å². The number of amides is 1. The highest BCUT2D eigenvalue weighted by atomic mass is 16.5. The summed E-state index contributed by atoms with van der Waals surface area (Å²) in [6, 6.07) is 5.48. The number of morpholine rings is 1. The number of ether oxygens (including phenoxy) is 1. The molecule has 0 spiro atoms. The van der Waals surface area contributed by atoms with Crippen molar-refractivity contribution >= 4 is 11.7 Å². The Morgan fingerprint density at radius 2 is 2.11 bits per heavy atom. The van der Waals surface area contributed by atoms with Crippen LogP contribution < -0.4 is 5.32 Å². The fourth-order valence-electron chi connectivity index (χ4n) is 2.34. The molecule has 2 heterocycles. The Labute approximate surface area is 114 Å². The molecular formula is C14H21N3O2. The van der Waals surface area contributed by atoms with Crippen LogP contribution >= 0.6 is 0 Å². The summed E-state index contributed by atoms with van der Waals surface area (Å²) in [5.41, 5.74) is 0.486. The van der Waals surface area contributed by atoms with Gasteiger partial charge in [0.2, 0.25) is 0 Å². The van der Waals surface area contributed by atoms with Crippen LogP contribution in [0.4, 0.5) is 5.82 Å². The minimum Gasteiger partial charge on any atom is -0.372 e. The van der Waals surface area contributed by atoms with Gasteiger partial charge in [-0.25, -0.2) is 4.98 Å². The second-order valence-electron chi connectivity index (χ2n) is 4.91. The number of rotatable bonds is 3. The Kier molecular flexibility index (Phi) is 4.37. The predicted octanol–water partition coefficient (Wildman–Crippen LogP) is 1.76. The third-order valence-corrected chi connectivity index (χ3v) is 3.03. The smallest absolute Gasteiger partial charge is 0.272 e. The average molecular weight is 263 g/mol. The molecule has 104 valence electrons. The number of nitrogens with one attached hydrogen (secondary N) is 1. The van der Waals surface area contributed by atoms with Gasteiger partial charge in [-0.15, -0.1) is 0 Å². The third kappa shape index (κ3) is 3.44. The lowest BCUT2D eigenvalue weighted by Gasteiger charge is -2.35. The van der Waals surface area contributed by atoms with Gasteiger partial charge in [0.05, 0.1) is 12.2 Å². The summed E-state index contributed by atoms with van der Waals surface area (Å²) < 4.78 is 5.64. The molecule has 1 saturated heterocycles. The summed E-state index contributed by atoms with van der Waals surface area (Å²) in [4.78, 5) is 18.6. The molecule has 1 aromatic heterocycles. The number of nitrogens with zero attached hydrogens (tertiary/aromatic N) is 2. The average Bonchev–Trinajstić information content (AvgIpc) is 2.37. The number of anilines is 1. The van der Waals surface area contributed by atoms with E-state index in [1.165, 1.54) is 0 Å². The normalized spacial score (nSPS) is 23.2. The van der Waals surface area contributed by atoms with Crippen LogP contribution in [0.15, 0.2) is 18.2 Å². The van der Waals surface area contributed by atoms with Crippen molar-refractivity contribution in [3.8, 4) is 0 Å². The largest absolute Gasteiger partial charge is 0.372 e. The molecule has 0 saturated carbocycles. The molecule has 2 atom stereocenters. The van der Waals surface area contributed by atoms with Gasteiger partial charge in [0.25, 0.3) is 5.91 Å². The van der Waals surface area contributed by atoms with E-state index in [9.17, 15) is 4.79 Å². The molecule has 19 heavy (non-hydrogen) atoms. The van der Waals surface area contributed by atoms with Crippen LogP contribution in [0.1, 0.15) is 31.3 Å². The number of pyridine rings is 1. The second kappa shape index (κ2) is 6.02. The maximum absolute atomic E-state index is 12.4. The first-order chi connectivity index (χ1) is 9.10. The Hall–Kier alpha value is -1.62. The summed E-state index contributed by atoms with van der Waals surface area (Å²) in [5, 5.41) is 3.12. The fraction of sp³-hybridized carbons (Fsp3) is 0.571. The van der Waals surface area contributed by atoms with E-state index in [0.29, 0.717) is 18.8 Å². The summed E-state index contributed by atoms with van der Waals surface area (Å²) in [5.74, 6) is 0.712. The van der Waals surface area contributed by atoms with Crippen LogP contribution in [-0.2, 0) is 4.74 Å². The van der Waals surface area contributed by atoms with Crippen LogP contribution in [0.2, 0.25) is 0 Å². The first-order valence-electron chi connectivity index (χ1n) is 6.75. The van der Waals surface area contributed by atoms with Crippen molar-refractivity contribution in [1.29, 1.82) is 0 Å². The Bertz CT molecular complexity index is 440. The van der Waals surface area contributed by atoms with Crippen LogP contribution in [0, 0.1) is 0 Å². The van der Waals surface area contributed by atoms with Gasteiger partial charge in [0.15, 0.2) is 0 Å². The highest BCUT2D eigenvalue weighted by Gasteiger charge is 2.27. The molecule has 1 aliphatic rings. The molecule has 0 bridgehead atoms. The standard InChI is InChI=1S/C14H21N3O2/c1-4-15-13-7-5-6-12(16-13)14(18)17-8-10(2)19-11(3)9-17/h5-7,10-11H,4,8-9H2,1-3H3,(H,15,16)/t10-,11+. The van der Waals surface area contributed by atoms with Gasteiger partial charge in [-0.05, 0) is 32.9 Å². The predicted molar refractivity (Wildman–Crippen MR) is 74.3 cm³/mol. The molecule has 0 radical (unpaired) electrons. The molecule has 1 N–H and O–H groups in total. The molecule has 0 aliphatic carbocycles. The van der Waals surface area contributed by atoms with Crippen molar-refractivity contribution in [2.24, 2.45) is 0 Å². The van der Waals surface area contributed by atoms with Gasteiger partial charge < -0.3 is 15.0 Å². The van der Waals surface area contributed by atoms with Crippen molar-refractivity contribution in [2.45, 2.75) is 33.0 Å². The monoisotopic (exact) mass is 263 g/mol. The quantitative estimate of drug-likeness (QED) is 0.903. The lowest BCUT2D eigenvalue weighted by atomic mass is 10.2. The molecule has 1 amide bonds. The highest BCUT2D eigenvalue weighted by molar-refractivity contribution is 5.92. The maximum atomic E-state index is 12.4. The van der Waals surface area contributed by atoms with Crippen molar-refractivity contribution in [3.63, 3.8) is 0 Å². The number of aromatic nitrogens is 1. The SMILES string of the molecule is CCNc1cccc(C(=O)N2C[C@@H](C)O[C@@H](C)C2)n1. The second-order valence-corrected chi connectivity index (χ2v) is 4.91. The number of hydrogen-bond donors (Lipinski definition) is 1. The van der Waals surface area contributed by atoms with Crippen molar-refractivity contribution in [2.75, 3.05) is 25.0 Å². The lowest BCUT2D eigenvalue weighted by Crippen LogP contribution is -2.48. The molecule has 1 fully saturated rings. The highest BCUT2D eigenvalue weighted by Crippen LogP contribution is 2.14. The maximum Gasteiger partial charge on any atom is 0.272 e. The van der Waals surface area contributed by atoms with E-state index >= 15 is 0 Å². The van der Waals surface area contributed by atoms with Gasteiger partial charge in [0.1, 0.15) is 11.5 Å². The van der Waals surface area contributed by atoms with Gasteiger partial charge in [0, 0.05) is 19.6 Å². The van der Waals surface area contributed by atoms with E-state index in [-0.39, 0.29) is 18.1 Å². The number of hydrogen-bond acceptors (Lipinski definition) is 4. The van der Waals surface area contributed by atoms with Crippen molar-refractivity contribution in [1.82, 2.24) is 9.88 Å². The van der Waals surface area contributed by atoms with E-state index in [2.05, 4.69) is 10.3 Å². The van der Waals surface area contributed by atoms with E-state index in [4.69, 9.17) is 4.74 Å². The minimum atomic E-state index is -0.0262. The summed E-state index contributed by atoms with van der Waals surface area (Å²) in [7, 11) is 0. The Balaban J connectivity index is 2.12. The van der Waals surface area contributed by atoms with Gasteiger partial charge in [-0.1, -0.05) is 6.07 Å². The van der Waals surface area contributed by atoms with Gasteiger partial charge in [-0.3, -0.25) is 4.79 Å². The zero-order chi connectivity index (χ0) is 13.8. The molecular weight excluding hydrogens is 242 g/mol. The molecule has 1 aromatic rings. The Morgan fingerprint density at radius 1 is 1.42 bits per heavy atom.